The smallest absolute Gasteiger partial charge is 0.333 e. The monoisotopic (exact) mass is 369 g/mol. The highest BCUT2D eigenvalue weighted by Gasteiger charge is 2.35. The topological polar surface area (TPSA) is 88.6 Å². The summed E-state index contributed by atoms with van der Waals surface area (Å²) < 4.78 is 4.85. The predicted molar refractivity (Wildman–Crippen MR) is 91.4 cm³/mol. The molecule has 1 N–H and O–H groups in total. The van der Waals surface area contributed by atoms with E-state index in [1.807, 2.05) is 0 Å². The molecular weight excluding hydrogens is 354 g/mol. The molecule has 128 valence electrons. The Hall–Kier alpha value is -2.06. The molecule has 2 heterocycles. The van der Waals surface area contributed by atoms with E-state index in [1.165, 1.54) is 28.9 Å². The molecular formula is C15H16ClN3O4S. The van der Waals surface area contributed by atoms with Crippen molar-refractivity contribution in [2.75, 3.05) is 18.5 Å². The summed E-state index contributed by atoms with van der Waals surface area (Å²) in [4.78, 5) is 41.1. The van der Waals surface area contributed by atoms with E-state index in [0.717, 1.165) is 0 Å². The van der Waals surface area contributed by atoms with Crippen LogP contribution in [-0.4, -0.2) is 46.1 Å². The molecule has 0 spiro atoms. The van der Waals surface area contributed by atoms with Crippen LogP contribution in [0.4, 0.5) is 5.69 Å². The molecule has 0 saturated carbocycles. The second-order valence-electron chi connectivity index (χ2n) is 4.81. The van der Waals surface area contributed by atoms with Crippen molar-refractivity contribution in [2.45, 2.75) is 19.1 Å². The Labute approximate surface area is 148 Å². The Bertz CT molecular complexity index is 695. The van der Waals surface area contributed by atoms with Crippen LogP contribution in [-0.2, 0) is 19.1 Å². The maximum absolute atomic E-state index is 12.2. The van der Waals surface area contributed by atoms with Crippen molar-refractivity contribution < 1.29 is 19.1 Å². The summed E-state index contributed by atoms with van der Waals surface area (Å²) in [6.07, 6.45) is 2.72. The highest BCUT2D eigenvalue weighted by atomic mass is 35.5. The molecule has 1 aliphatic heterocycles. The van der Waals surface area contributed by atoms with E-state index in [4.69, 9.17) is 16.3 Å². The molecule has 9 heteroatoms. The molecule has 0 aliphatic carbocycles. The van der Waals surface area contributed by atoms with Gasteiger partial charge in [0.2, 0.25) is 11.8 Å². The number of carbonyl (C=O) groups is 3. The molecule has 0 aromatic carbocycles. The predicted octanol–water partition coefficient (Wildman–Crippen LogP) is 2.04. The van der Waals surface area contributed by atoms with E-state index in [-0.39, 0.29) is 29.5 Å². The first-order valence-electron chi connectivity index (χ1n) is 7.19. The standard InChI is InChI=1S/C15H16ClN3O4S/c1-3-23-13(21)7-12-19(15(22)9(2)24-12)8-11(20)18-10-5-4-6-17-14(10)16/h4-7,9H,3,8H2,1-2H3,(H,18,20)/t9-/m0/s1. The Morgan fingerprint density at radius 1 is 1.54 bits per heavy atom. The fourth-order valence-electron chi connectivity index (χ4n) is 1.99. The Morgan fingerprint density at radius 3 is 2.96 bits per heavy atom. The number of hydrogen-bond donors (Lipinski definition) is 1. The number of carbonyl (C=O) groups excluding carboxylic acids is 3. The third kappa shape index (κ3) is 4.48. The van der Waals surface area contributed by atoms with Gasteiger partial charge < -0.3 is 10.1 Å². The molecule has 0 unspecified atom stereocenters. The molecule has 1 fully saturated rings. The summed E-state index contributed by atoms with van der Waals surface area (Å²) in [6.45, 7) is 3.40. The summed E-state index contributed by atoms with van der Waals surface area (Å²) in [5.74, 6) is -1.24. The van der Waals surface area contributed by atoms with Crippen molar-refractivity contribution in [3.63, 3.8) is 0 Å². The number of aromatic nitrogens is 1. The van der Waals surface area contributed by atoms with Crippen molar-refractivity contribution in [3.8, 4) is 0 Å². The molecule has 2 amide bonds. The highest BCUT2D eigenvalue weighted by Crippen LogP contribution is 2.34. The van der Waals surface area contributed by atoms with Crippen molar-refractivity contribution in [1.29, 1.82) is 0 Å². The lowest BCUT2D eigenvalue weighted by atomic mass is 10.3. The number of anilines is 1. The van der Waals surface area contributed by atoms with Crippen LogP contribution in [0.1, 0.15) is 13.8 Å². The van der Waals surface area contributed by atoms with Crippen LogP contribution in [0.15, 0.2) is 29.4 Å². The van der Waals surface area contributed by atoms with Gasteiger partial charge >= 0.3 is 5.97 Å². The van der Waals surface area contributed by atoms with Crippen LogP contribution in [0.5, 0.6) is 0 Å². The average Bonchev–Trinajstić information content (AvgIpc) is 2.77. The number of nitrogens with one attached hydrogen (secondary N) is 1. The summed E-state index contributed by atoms with van der Waals surface area (Å²) in [5.41, 5.74) is 0.354. The summed E-state index contributed by atoms with van der Waals surface area (Å²) >= 11 is 7.09. The Balaban J connectivity index is 2.10. The first-order chi connectivity index (χ1) is 11.4. The van der Waals surface area contributed by atoms with Gasteiger partial charge in [-0.1, -0.05) is 23.4 Å². The molecule has 24 heavy (non-hydrogen) atoms. The van der Waals surface area contributed by atoms with Crippen LogP contribution in [0.2, 0.25) is 5.15 Å². The third-order valence-electron chi connectivity index (χ3n) is 3.04. The van der Waals surface area contributed by atoms with Crippen LogP contribution in [0, 0.1) is 0 Å². The molecule has 1 atom stereocenters. The van der Waals surface area contributed by atoms with Gasteiger partial charge in [0.15, 0.2) is 5.15 Å². The van der Waals surface area contributed by atoms with Gasteiger partial charge in [-0.3, -0.25) is 14.5 Å². The number of hydrogen-bond acceptors (Lipinski definition) is 6. The molecule has 1 aliphatic rings. The first kappa shape index (κ1) is 18.3. The minimum Gasteiger partial charge on any atom is -0.463 e. The number of esters is 1. The summed E-state index contributed by atoms with van der Waals surface area (Å²) in [6, 6.07) is 3.23. The minimum absolute atomic E-state index is 0.156. The van der Waals surface area contributed by atoms with E-state index in [1.54, 1.807) is 26.0 Å². The van der Waals surface area contributed by atoms with Gasteiger partial charge in [0.25, 0.3) is 0 Å². The molecule has 1 saturated heterocycles. The number of ether oxygens (including phenoxy) is 1. The van der Waals surface area contributed by atoms with E-state index >= 15 is 0 Å². The fourth-order valence-corrected chi connectivity index (χ4v) is 3.19. The van der Waals surface area contributed by atoms with Gasteiger partial charge in [-0.15, -0.1) is 0 Å². The minimum atomic E-state index is -0.553. The molecule has 0 bridgehead atoms. The quantitative estimate of drug-likeness (QED) is 0.485. The second kappa shape index (κ2) is 8.16. The Morgan fingerprint density at radius 2 is 2.29 bits per heavy atom. The van der Waals surface area contributed by atoms with E-state index in [9.17, 15) is 14.4 Å². The molecule has 7 nitrogen and oxygen atoms in total. The third-order valence-corrected chi connectivity index (χ3v) is 4.48. The SMILES string of the molecule is CCOC(=O)C=C1S[C@@H](C)C(=O)N1CC(=O)Nc1cccnc1Cl. The lowest BCUT2D eigenvalue weighted by molar-refractivity contribution is -0.137. The normalized spacial score (nSPS) is 18.8. The zero-order valence-corrected chi connectivity index (χ0v) is 14.7. The first-order valence-corrected chi connectivity index (χ1v) is 8.45. The number of halogens is 1. The Kier molecular flexibility index (Phi) is 6.22. The highest BCUT2D eigenvalue weighted by molar-refractivity contribution is 8.04. The van der Waals surface area contributed by atoms with Gasteiger partial charge in [-0.2, -0.15) is 0 Å². The van der Waals surface area contributed by atoms with Crippen LogP contribution >= 0.6 is 23.4 Å². The fraction of sp³-hybridized carbons (Fsp3) is 0.333. The maximum atomic E-state index is 12.2. The van der Waals surface area contributed by atoms with Crippen molar-refractivity contribution >= 4 is 46.8 Å². The van der Waals surface area contributed by atoms with Crippen molar-refractivity contribution in [1.82, 2.24) is 9.88 Å². The number of amides is 2. The van der Waals surface area contributed by atoms with Gasteiger partial charge in [0.05, 0.1) is 28.6 Å². The van der Waals surface area contributed by atoms with E-state index < -0.39 is 11.9 Å². The van der Waals surface area contributed by atoms with E-state index in [0.29, 0.717) is 10.7 Å². The van der Waals surface area contributed by atoms with Gasteiger partial charge in [-0.25, -0.2) is 9.78 Å². The van der Waals surface area contributed by atoms with E-state index in [2.05, 4.69) is 10.3 Å². The van der Waals surface area contributed by atoms with Gasteiger partial charge in [-0.05, 0) is 26.0 Å². The lowest BCUT2D eigenvalue weighted by Crippen LogP contribution is -2.35. The van der Waals surface area contributed by atoms with Crippen LogP contribution in [0.3, 0.4) is 0 Å². The molecule has 1 aromatic heterocycles. The van der Waals surface area contributed by atoms with Crippen LogP contribution < -0.4 is 5.32 Å². The summed E-state index contributed by atoms with van der Waals surface area (Å²) in [7, 11) is 0. The average molecular weight is 370 g/mol. The number of thioether (sulfide) groups is 1. The number of rotatable bonds is 5. The molecule has 2 rings (SSSR count). The number of pyridine rings is 1. The second-order valence-corrected chi connectivity index (χ2v) is 6.53. The molecule has 1 aromatic rings. The van der Waals surface area contributed by atoms with Gasteiger partial charge in [0.1, 0.15) is 6.54 Å². The zero-order valence-electron chi connectivity index (χ0n) is 13.1. The van der Waals surface area contributed by atoms with Crippen molar-refractivity contribution in [2.24, 2.45) is 0 Å². The largest absolute Gasteiger partial charge is 0.463 e. The molecule has 0 radical (unpaired) electrons. The number of nitrogens with zero attached hydrogens (tertiary/aromatic N) is 2. The van der Waals surface area contributed by atoms with Gasteiger partial charge in [0, 0.05) is 6.20 Å². The summed E-state index contributed by atoms with van der Waals surface area (Å²) in [5, 5.41) is 2.76. The van der Waals surface area contributed by atoms with Crippen molar-refractivity contribution in [3.05, 3.63) is 34.6 Å². The lowest BCUT2D eigenvalue weighted by Gasteiger charge is -2.17. The maximum Gasteiger partial charge on any atom is 0.333 e. The van der Waals surface area contributed by atoms with Crippen LogP contribution in [0.25, 0.3) is 0 Å². The zero-order chi connectivity index (χ0) is 17.7.